The monoisotopic (exact) mass is 315 g/mol. The molecule has 2 N–H and O–H groups in total. The Hall–Kier alpha value is -0.160. The summed E-state index contributed by atoms with van der Waals surface area (Å²) in [6.45, 7) is 0. The lowest BCUT2D eigenvalue weighted by molar-refractivity contribution is 0.613. The normalized spacial score (nSPS) is 12.9. The van der Waals surface area contributed by atoms with E-state index in [0.717, 1.165) is 23.7 Å². The summed E-state index contributed by atoms with van der Waals surface area (Å²) in [5, 5.41) is 6.36. The fourth-order valence-electron chi connectivity index (χ4n) is 1.66. The first-order valence-corrected chi connectivity index (χ1v) is 7.88. The van der Waals surface area contributed by atoms with Crippen LogP contribution in [0.15, 0.2) is 32.7 Å². The van der Waals surface area contributed by atoms with Gasteiger partial charge in [-0.25, -0.2) is 0 Å². The van der Waals surface area contributed by atoms with Crippen LogP contribution in [0.2, 0.25) is 0 Å². The van der Waals surface area contributed by atoms with Crippen molar-refractivity contribution in [3.63, 3.8) is 0 Å². The molecule has 0 radical (unpaired) electrons. The van der Waals surface area contributed by atoms with Crippen LogP contribution in [-0.2, 0) is 6.42 Å². The van der Waals surface area contributed by atoms with E-state index in [1.54, 1.807) is 11.3 Å². The van der Waals surface area contributed by atoms with Crippen molar-refractivity contribution in [3.8, 4) is 0 Å². The van der Waals surface area contributed by atoms with Crippen molar-refractivity contribution in [1.29, 1.82) is 0 Å². The molecule has 86 valence electrons. The lowest BCUT2D eigenvalue weighted by Gasteiger charge is -2.10. The highest BCUT2D eigenvalue weighted by Crippen LogP contribution is 2.28. The van der Waals surface area contributed by atoms with E-state index in [-0.39, 0.29) is 6.04 Å². The first-order valence-electron chi connectivity index (χ1n) is 5.27. The molecule has 1 unspecified atom stereocenters. The Morgan fingerprint density at radius 1 is 1.38 bits per heavy atom. The topological polar surface area (TPSA) is 26.0 Å². The summed E-state index contributed by atoms with van der Waals surface area (Å²) in [6.07, 6.45) is 3.35. The maximum absolute atomic E-state index is 6.16. The van der Waals surface area contributed by atoms with E-state index in [1.165, 1.54) is 10.4 Å². The zero-order chi connectivity index (χ0) is 11.4. The van der Waals surface area contributed by atoms with Crippen LogP contribution >= 0.6 is 38.6 Å². The van der Waals surface area contributed by atoms with Crippen LogP contribution in [0.3, 0.4) is 0 Å². The Balaban J connectivity index is 1.80. The van der Waals surface area contributed by atoms with Crippen molar-refractivity contribution < 1.29 is 0 Å². The number of aryl methyl sites for hydroxylation is 1. The molecular formula is C12H14BrNS2. The van der Waals surface area contributed by atoms with Crippen molar-refractivity contribution in [1.82, 2.24) is 0 Å². The largest absolute Gasteiger partial charge is 0.324 e. The van der Waals surface area contributed by atoms with Crippen molar-refractivity contribution >= 4 is 38.6 Å². The van der Waals surface area contributed by atoms with Crippen molar-refractivity contribution in [2.75, 3.05) is 0 Å². The highest BCUT2D eigenvalue weighted by molar-refractivity contribution is 9.10. The van der Waals surface area contributed by atoms with E-state index < -0.39 is 0 Å². The van der Waals surface area contributed by atoms with Crippen molar-refractivity contribution in [3.05, 3.63) is 43.2 Å². The molecule has 2 rings (SSSR count). The van der Waals surface area contributed by atoms with Crippen LogP contribution in [0.4, 0.5) is 0 Å². The highest BCUT2D eigenvalue weighted by atomic mass is 79.9. The number of nitrogens with two attached hydrogens (primary N) is 1. The average Bonchev–Trinajstić information content (AvgIpc) is 2.88. The number of thiophene rings is 2. The molecule has 1 atom stereocenters. The van der Waals surface area contributed by atoms with Gasteiger partial charge in [-0.2, -0.15) is 11.3 Å². The molecule has 16 heavy (non-hydrogen) atoms. The van der Waals surface area contributed by atoms with Gasteiger partial charge < -0.3 is 5.73 Å². The number of halogens is 1. The summed E-state index contributed by atoms with van der Waals surface area (Å²) in [4.78, 5) is 1.46. The van der Waals surface area contributed by atoms with E-state index >= 15 is 0 Å². The van der Waals surface area contributed by atoms with Gasteiger partial charge in [0.25, 0.3) is 0 Å². The summed E-state index contributed by atoms with van der Waals surface area (Å²) < 4.78 is 1.15. The Morgan fingerprint density at radius 2 is 2.25 bits per heavy atom. The summed E-state index contributed by atoms with van der Waals surface area (Å²) in [5.74, 6) is 0. The van der Waals surface area contributed by atoms with Gasteiger partial charge in [-0.15, -0.1) is 11.3 Å². The fraction of sp³-hybridized carbons (Fsp3) is 0.333. The maximum Gasteiger partial charge on any atom is 0.0330 e. The first-order chi connectivity index (χ1) is 7.77. The molecule has 2 aromatic heterocycles. The lowest BCUT2D eigenvalue weighted by Crippen LogP contribution is -2.09. The molecule has 0 aliphatic heterocycles. The lowest BCUT2D eigenvalue weighted by atomic mass is 10.0. The van der Waals surface area contributed by atoms with Crippen LogP contribution in [0.5, 0.6) is 0 Å². The molecule has 0 saturated carbocycles. The third-order valence-corrected chi connectivity index (χ3v) is 5.25. The van der Waals surface area contributed by atoms with Gasteiger partial charge in [0.2, 0.25) is 0 Å². The zero-order valence-electron chi connectivity index (χ0n) is 8.86. The smallest absolute Gasteiger partial charge is 0.0330 e. The molecule has 0 amide bonds. The van der Waals surface area contributed by atoms with Gasteiger partial charge in [0.15, 0.2) is 0 Å². The van der Waals surface area contributed by atoms with Crippen LogP contribution in [0, 0.1) is 0 Å². The molecular weight excluding hydrogens is 302 g/mol. The van der Waals surface area contributed by atoms with Gasteiger partial charge in [-0.3, -0.25) is 0 Å². The third-order valence-electron chi connectivity index (χ3n) is 2.56. The van der Waals surface area contributed by atoms with Gasteiger partial charge in [0.1, 0.15) is 0 Å². The number of hydrogen-bond acceptors (Lipinski definition) is 3. The fourth-order valence-corrected chi connectivity index (χ4v) is 4.07. The molecule has 0 saturated heterocycles. The van der Waals surface area contributed by atoms with Gasteiger partial charge in [-0.05, 0) is 57.6 Å². The summed E-state index contributed by atoms with van der Waals surface area (Å²) in [6, 6.07) is 4.46. The van der Waals surface area contributed by atoms with Gasteiger partial charge in [0.05, 0.1) is 0 Å². The predicted molar refractivity (Wildman–Crippen MR) is 76.2 cm³/mol. The Morgan fingerprint density at radius 3 is 2.88 bits per heavy atom. The number of rotatable bonds is 5. The van der Waals surface area contributed by atoms with E-state index in [9.17, 15) is 0 Å². The Kier molecular flexibility index (Phi) is 4.58. The molecule has 0 aliphatic carbocycles. The minimum atomic E-state index is 0.167. The maximum atomic E-state index is 6.16. The molecule has 4 heteroatoms. The summed E-state index contributed by atoms with van der Waals surface area (Å²) in [7, 11) is 0. The Labute approximate surface area is 112 Å². The van der Waals surface area contributed by atoms with Crippen LogP contribution < -0.4 is 5.73 Å². The van der Waals surface area contributed by atoms with Gasteiger partial charge in [-0.1, -0.05) is 6.07 Å². The molecule has 1 nitrogen and oxygen atoms in total. The molecule has 0 aromatic carbocycles. The van der Waals surface area contributed by atoms with E-state index in [4.69, 9.17) is 5.73 Å². The summed E-state index contributed by atoms with van der Waals surface area (Å²) in [5.41, 5.74) is 7.41. The second-order valence-corrected chi connectivity index (χ2v) is 6.38. The van der Waals surface area contributed by atoms with Gasteiger partial charge in [0, 0.05) is 20.8 Å². The molecule has 2 heterocycles. The zero-order valence-corrected chi connectivity index (χ0v) is 12.1. The quantitative estimate of drug-likeness (QED) is 0.857. The van der Waals surface area contributed by atoms with Crippen molar-refractivity contribution in [2.24, 2.45) is 5.73 Å². The van der Waals surface area contributed by atoms with Crippen LogP contribution in [-0.4, -0.2) is 0 Å². The second-order valence-electron chi connectivity index (χ2n) is 3.75. The van der Waals surface area contributed by atoms with Gasteiger partial charge >= 0.3 is 0 Å². The Bertz CT molecular complexity index is 422. The predicted octanol–water partition coefficient (Wildman–Crippen LogP) is 4.59. The first kappa shape index (κ1) is 12.3. The minimum Gasteiger partial charge on any atom is -0.324 e. The number of hydrogen-bond donors (Lipinski definition) is 1. The molecule has 0 aliphatic rings. The van der Waals surface area contributed by atoms with Crippen LogP contribution in [0.1, 0.15) is 29.3 Å². The van der Waals surface area contributed by atoms with E-state index in [0.29, 0.717) is 0 Å². The highest BCUT2D eigenvalue weighted by Gasteiger charge is 2.10. The van der Waals surface area contributed by atoms with E-state index in [2.05, 4.69) is 44.2 Å². The molecule has 0 bridgehead atoms. The standard InChI is InChI=1S/C12H14BrNS2/c13-11-8-15-7-10(11)12(14)5-1-3-9-4-2-6-16-9/h2,4,6-8,12H,1,3,5,14H2. The summed E-state index contributed by atoms with van der Waals surface area (Å²) >= 11 is 7.06. The van der Waals surface area contributed by atoms with E-state index in [1.807, 2.05) is 11.3 Å². The molecule has 2 aromatic rings. The minimum absolute atomic E-state index is 0.167. The van der Waals surface area contributed by atoms with Crippen LogP contribution in [0.25, 0.3) is 0 Å². The third kappa shape index (κ3) is 3.17. The average molecular weight is 316 g/mol. The second kappa shape index (κ2) is 5.96. The SMILES string of the molecule is NC(CCCc1cccs1)c1cscc1Br. The molecule has 0 fully saturated rings. The molecule has 0 spiro atoms. The van der Waals surface area contributed by atoms with Crippen molar-refractivity contribution in [2.45, 2.75) is 25.3 Å².